The Kier molecular flexibility index (Phi) is 8.37. The molecule has 1 aromatic rings. The van der Waals surface area contributed by atoms with Crippen LogP contribution in [0.4, 0.5) is 0 Å². The molecular weight excluding hydrogens is 342 g/mol. The number of nitrogens with one attached hydrogen (secondary N) is 1. The lowest BCUT2D eigenvalue weighted by atomic mass is 9.83. The summed E-state index contributed by atoms with van der Waals surface area (Å²) in [7, 11) is 1.69. The molecule has 0 aliphatic heterocycles. The fourth-order valence-electron chi connectivity index (χ4n) is 2.59. The van der Waals surface area contributed by atoms with E-state index in [1.807, 2.05) is 12.1 Å². The zero-order valence-corrected chi connectivity index (χ0v) is 17.0. The Labute approximate surface area is 161 Å². The zero-order valence-electron chi connectivity index (χ0n) is 17.0. The van der Waals surface area contributed by atoms with Crippen LogP contribution in [0.3, 0.4) is 0 Å². The molecule has 0 spiro atoms. The van der Waals surface area contributed by atoms with Crippen LogP contribution in [-0.4, -0.2) is 38.3 Å². The Balaban J connectivity index is 3.43. The molecule has 6 heteroatoms. The smallest absolute Gasteiger partial charge is 0.308 e. The van der Waals surface area contributed by atoms with E-state index >= 15 is 0 Å². The van der Waals surface area contributed by atoms with Crippen molar-refractivity contribution in [1.82, 2.24) is 5.32 Å². The van der Waals surface area contributed by atoms with E-state index in [1.165, 1.54) is 0 Å². The summed E-state index contributed by atoms with van der Waals surface area (Å²) in [6, 6.07) is 5.44. The van der Waals surface area contributed by atoms with Crippen molar-refractivity contribution in [2.75, 3.05) is 20.2 Å². The monoisotopic (exact) mass is 373 g/mol. The fourth-order valence-corrected chi connectivity index (χ4v) is 2.59. The van der Waals surface area contributed by atoms with Gasteiger partial charge in [-0.2, -0.15) is 0 Å². The van der Waals surface area contributed by atoms with E-state index in [1.54, 1.807) is 20.2 Å². The van der Waals surface area contributed by atoms with Crippen molar-refractivity contribution < 1.29 is 14.3 Å². The van der Waals surface area contributed by atoms with Crippen LogP contribution in [0.1, 0.15) is 56.8 Å². The lowest BCUT2D eigenvalue weighted by molar-refractivity contribution is -0.143. The lowest BCUT2D eigenvalue weighted by Crippen LogP contribution is -2.35. The predicted octanol–water partition coefficient (Wildman–Crippen LogP) is 2.77. The maximum Gasteiger partial charge on any atom is 0.308 e. The van der Waals surface area contributed by atoms with Crippen LogP contribution < -0.4 is 11.1 Å². The molecule has 1 aromatic carbocycles. The maximum atomic E-state index is 12.1. The first-order valence-electron chi connectivity index (χ1n) is 9.04. The number of allylic oxidation sites excluding steroid dienone is 1. The number of carbonyl (C=O) groups is 2. The molecule has 1 rings (SSSR count). The summed E-state index contributed by atoms with van der Waals surface area (Å²) in [6.07, 6.45) is 1.71. The van der Waals surface area contributed by atoms with Crippen molar-refractivity contribution in [2.45, 2.75) is 45.6 Å². The first-order chi connectivity index (χ1) is 12.6. The quantitative estimate of drug-likeness (QED) is 0.541. The number of aliphatic imine (C=N–C) groups is 1. The van der Waals surface area contributed by atoms with Crippen LogP contribution >= 0.6 is 0 Å². The predicted molar refractivity (Wildman–Crippen MR) is 110 cm³/mol. The Morgan fingerprint density at radius 2 is 2.00 bits per heavy atom. The Hall–Kier alpha value is -2.47. The minimum absolute atomic E-state index is 0.0287. The van der Waals surface area contributed by atoms with Crippen molar-refractivity contribution in [2.24, 2.45) is 10.7 Å². The number of nitrogens with zero attached hydrogens (tertiary/aromatic N) is 1. The molecule has 27 heavy (non-hydrogen) atoms. The molecule has 0 aliphatic rings. The maximum absolute atomic E-state index is 12.1. The summed E-state index contributed by atoms with van der Waals surface area (Å²) in [5.41, 5.74) is 8.83. The van der Waals surface area contributed by atoms with Gasteiger partial charge >= 0.3 is 5.97 Å². The number of hydrogen-bond donors (Lipinski definition) is 2. The minimum atomic E-state index is -0.535. The molecular formula is C21H31N3O3. The third-order valence-corrected chi connectivity index (χ3v) is 4.08. The molecule has 1 unspecified atom stereocenters. The molecule has 1 amide bonds. The number of amides is 1. The standard InChI is InChI=1S/C21H31N3O3/c1-7-27-20(26)11-18(24-19(25)12-22)16-8-15(14(2)13-23-6)9-17(10-16)21(3,4)5/h8-10,13,18H,2,7,11-12,22H2,1,3-6H3,(H,24,25). The molecule has 148 valence electrons. The summed E-state index contributed by atoms with van der Waals surface area (Å²) in [5, 5.41) is 2.82. The normalized spacial score (nSPS) is 12.7. The van der Waals surface area contributed by atoms with Crippen molar-refractivity contribution in [3.63, 3.8) is 0 Å². The van der Waals surface area contributed by atoms with Crippen LogP contribution in [0.25, 0.3) is 5.57 Å². The summed E-state index contributed by atoms with van der Waals surface area (Å²) >= 11 is 0. The molecule has 3 N–H and O–H groups in total. The van der Waals surface area contributed by atoms with E-state index in [2.05, 4.69) is 43.7 Å². The lowest BCUT2D eigenvalue weighted by Gasteiger charge is -2.25. The van der Waals surface area contributed by atoms with Gasteiger partial charge in [-0.25, -0.2) is 0 Å². The highest BCUT2D eigenvalue weighted by molar-refractivity contribution is 6.08. The zero-order chi connectivity index (χ0) is 20.6. The molecule has 6 nitrogen and oxygen atoms in total. The molecule has 0 aromatic heterocycles. The highest BCUT2D eigenvalue weighted by Crippen LogP contribution is 2.30. The van der Waals surface area contributed by atoms with Gasteiger partial charge in [-0.05, 0) is 40.7 Å². The van der Waals surface area contributed by atoms with Crippen molar-refractivity contribution in [3.05, 3.63) is 41.5 Å². The van der Waals surface area contributed by atoms with Crippen LogP contribution in [0.2, 0.25) is 0 Å². The summed E-state index contributed by atoms with van der Waals surface area (Å²) in [6.45, 7) is 12.2. The van der Waals surface area contributed by atoms with Crippen molar-refractivity contribution >= 4 is 23.7 Å². The molecule has 0 radical (unpaired) electrons. The molecule has 0 saturated heterocycles. The number of nitrogens with two attached hydrogens (primary N) is 1. The summed E-state index contributed by atoms with van der Waals surface area (Å²) < 4.78 is 5.06. The minimum Gasteiger partial charge on any atom is -0.466 e. The third-order valence-electron chi connectivity index (χ3n) is 4.08. The highest BCUT2D eigenvalue weighted by atomic mass is 16.5. The van der Waals surface area contributed by atoms with Gasteiger partial charge in [-0.15, -0.1) is 0 Å². The molecule has 0 heterocycles. The van der Waals surface area contributed by atoms with Gasteiger partial charge in [0, 0.05) is 13.3 Å². The largest absolute Gasteiger partial charge is 0.466 e. The van der Waals surface area contributed by atoms with Gasteiger partial charge in [0.15, 0.2) is 0 Å². The van der Waals surface area contributed by atoms with Gasteiger partial charge in [-0.1, -0.05) is 39.5 Å². The van der Waals surface area contributed by atoms with E-state index in [9.17, 15) is 9.59 Å². The second kappa shape index (κ2) is 10.0. The topological polar surface area (TPSA) is 93.8 Å². The van der Waals surface area contributed by atoms with Gasteiger partial charge in [-0.3, -0.25) is 14.6 Å². The van der Waals surface area contributed by atoms with Gasteiger partial charge in [0.25, 0.3) is 0 Å². The Morgan fingerprint density at radius 3 is 2.52 bits per heavy atom. The van der Waals surface area contributed by atoms with E-state index in [4.69, 9.17) is 10.5 Å². The average molecular weight is 373 g/mol. The van der Waals surface area contributed by atoms with Crippen LogP contribution in [-0.2, 0) is 19.7 Å². The number of rotatable bonds is 8. The highest BCUT2D eigenvalue weighted by Gasteiger charge is 2.23. The number of carbonyl (C=O) groups excluding carboxylic acids is 2. The molecule has 1 atom stereocenters. The number of hydrogen-bond acceptors (Lipinski definition) is 5. The Bertz CT molecular complexity index is 718. The molecule has 0 saturated carbocycles. The van der Waals surface area contributed by atoms with Gasteiger partial charge in [0.2, 0.25) is 5.91 Å². The van der Waals surface area contributed by atoms with Crippen LogP contribution in [0.5, 0.6) is 0 Å². The summed E-state index contributed by atoms with van der Waals surface area (Å²) in [5.74, 6) is -0.711. The van der Waals surface area contributed by atoms with Gasteiger partial charge in [0.05, 0.1) is 25.6 Å². The molecule has 0 fully saturated rings. The van der Waals surface area contributed by atoms with Crippen LogP contribution in [0, 0.1) is 0 Å². The first-order valence-corrected chi connectivity index (χ1v) is 9.04. The van der Waals surface area contributed by atoms with Gasteiger partial charge < -0.3 is 15.8 Å². The van der Waals surface area contributed by atoms with E-state index < -0.39 is 6.04 Å². The van der Waals surface area contributed by atoms with Crippen LogP contribution in [0.15, 0.2) is 29.8 Å². The van der Waals surface area contributed by atoms with Gasteiger partial charge in [0.1, 0.15) is 0 Å². The summed E-state index contributed by atoms with van der Waals surface area (Å²) in [4.78, 5) is 28.0. The SMILES string of the molecule is C=C(C=NC)c1cc(C(CC(=O)OCC)NC(=O)CN)cc(C(C)(C)C)c1. The fraction of sp³-hybridized carbons (Fsp3) is 0.476. The number of esters is 1. The second-order valence-electron chi connectivity index (χ2n) is 7.34. The average Bonchev–Trinajstić information content (AvgIpc) is 2.60. The second-order valence-corrected chi connectivity index (χ2v) is 7.34. The third kappa shape index (κ3) is 6.98. The van der Waals surface area contributed by atoms with E-state index in [0.29, 0.717) is 0 Å². The number of benzene rings is 1. The molecule has 0 bridgehead atoms. The van der Waals surface area contributed by atoms with Crippen molar-refractivity contribution in [3.8, 4) is 0 Å². The van der Waals surface area contributed by atoms with E-state index in [0.717, 1.165) is 22.3 Å². The Morgan fingerprint density at radius 1 is 1.33 bits per heavy atom. The van der Waals surface area contributed by atoms with E-state index in [-0.39, 0.29) is 36.9 Å². The number of ether oxygens (including phenoxy) is 1. The first kappa shape index (κ1) is 22.6. The molecule has 0 aliphatic carbocycles. The van der Waals surface area contributed by atoms with Crippen molar-refractivity contribution in [1.29, 1.82) is 0 Å².